The van der Waals surface area contributed by atoms with Crippen LogP contribution in [-0.4, -0.2) is 32.9 Å². The van der Waals surface area contributed by atoms with Crippen molar-refractivity contribution < 1.29 is 22.7 Å². The van der Waals surface area contributed by atoms with Gasteiger partial charge in [0.15, 0.2) is 6.10 Å². The molecular formula is C17H16Cl2N2O5S. The minimum absolute atomic E-state index is 0.0131. The van der Waals surface area contributed by atoms with Gasteiger partial charge in [-0.2, -0.15) is 4.72 Å². The number of rotatable bonds is 7. The molecule has 2 N–H and O–H groups in total. The topological polar surface area (TPSA) is 102 Å². The molecule has 0 aliphatic carbocycles. The number of carbonyl (C=O) groups excluding carboxylic acids is 2. The number of hydrogen-bond donors (Lipinski definition) is 2. The molecule has 7 nitrogen and oxygen atoms in total. The molecule has 2 aromatic rings. The highest BCUT2D eigenvalue weighted by Gasteiger charge is 2.21. The molecule has 0 fully saturated rings. The van der Waals surface area contributed by atoms with E-state index in [0.717, 1.165) is 0 Å². The quantitative estimate of drug-likeness (QED) is 0.657. The van der Waals surface area contributed by atoms with Crippen LogP contribution in [-0.2, 0) is 24.3 Å². The van der Waals surface area contributed by atoms with Crippen molar-refractivity contribution in [1.29, 1.82) is 0 Å². The first-order chi connectivity index (χ1) is 12.7. The first kappa shape index (κ1) is 21.2. The fraction of sp³-hybridized carbons (Fsp3) is 0.176. The van der Waals surface area contributed by atoms with E-state index in [1.54, 1.807) is 24.3 Å². The molecule has 2 aromatic carbocycles. The van der Waals surface area contributed by atoms with E-state index in [9.17, 15) is 18.0 Å². The Balaban J connectivity index is 1.89. The van der Waals surface area contributed by atoms with Gasteiger partial charge in [-0.05, 0) is 37.3 Å². The van der Waals surface area contributed by atoms with E-state index in [1.165, 1.54) is 31.2 Å². The van der Waals surface area contributed by atoms with Gasteiger partial charge in [-0.15, -0.1) is 0 Å². The van der Waals surface area contributed by atoms with E-state index in [0.29, 0.717) is 5.02 Å². The second-order valence-corrected chi connectivity index (χ2v) is 7.99. The third-order valence-corrected chi connectivity index (χ3v) is 5.31. The minimum atomic E-state index is -3.85. The second-order valence-electron chi connectivity index (χ2n) is 5.38. The summed E-state index contributed by atoms with van der Waals surface area (Å²) in [6.07, 6.45) is -1.17. The molecule has 1 amide bonds. The van der Waals surface area contributed by atoms with Crippen LogP contribution in [0.1, 0.15) is 6.92 Å². The molecule has 0 heterocycles. The van der Waals surface area contributed by atoms with E-state index in [1.807, 2.05) is 0 Å². The lowest BCUT2D eigenvalue weighted by Gasteiger charge is -2.14. The van der Waals surface area contributed by atoms with Gasteiger partial charge >= 0.3 is 5.97 Å². The normalized spacial score (nSPS) is 12.3. The van der Waals surface area contributed by atoms with Crippen molar-refractivity contribution in [3.8, 4) is 0 Å². The number of carbonyl (C=O) groups is 2. The lowest BCUT2D eigenvalue weighted by molar-refractivity contribution is -0.151. The number of halogens is 2. The maximum atomic E-state index is 12.1. The van der Waals surface area contributed by atoms with Gasteiger partial charge in [0.25, 0.3) is 5.91 Å². The first-order valence-electron chi connectivity index (χ1n) is 7.69. The van der Waals surface area contributed by atoms with Crippen LogP contribution >= 0.6 is 23.2 Å². The van der Waals surface area contributed by atoms with Crippen molar-refractivity contribution >= 4 is 50.8 Å². The van der Waals surface area contributed by atoms with Crippen molar-refractivity contribution in [2.45, 2.75) is 17.9 Å². The summed E-state index contributed by atoms with van der Waals surface area (Å²) >= 11 is 11.8. The number of nitrogens with one attached hydrogen (secondary N) is 2. The Bertz CT molecular complexity index is 936. The molecule has 0 aliphatic heterocycles. The molecular weight excluding hydrogens is 415 g/mol. The average molecular weight is 431 g/mol. The van der Waals surface area contributed by atoms with Crippen molar-refractivity contribution in [1.82, 2.24) is 4.72 Å². The second kappa shape index (κ2) is 9.18. The van der Waals surface area contributed by atoms with Gasteiger partial charge in [-0.3, -0.25) is 9.59 Å². The predicted octanol–water partition coefficient (Wildman–Crippen LogP) is 2.84. The van der Waals surface area contributed by atoms with Gasteiger partial charge in [0.1, 0.15) is 6.54 Å². The van der Waals surface area contributed by atoms with Crippen LogP contribution in [0.4, 0.5) is 5.69 Å². The van der Waals surface area contributed by atoms with Crippen molar-refractivity contribution in [2.24, 2.45) is 0 Å². The first-order valence-corrected chi connectivity index (χ1v) is 9.93. The number of hydrogen-bond acceptors (Lipinski definition) is 5. The molecule has 1 unspecified atom stereocenters. The molecule has 0 spiro atoms. The van der Waals surface area contributed by atoms with Crippen molar-refractivity contribution in [3.63, 3.8) is 0 Å². The maximum absolute atomic E-state index is 12.1. The summed E-state index contributed by atoms with van der Waals surface area (Å²) in [6.45, 7) is 0.726. The Morgan fingerprint density at radius 3 is 2.44 bits per heavy atom. The van der Waals surface area contributed by atoms with Crippen LogP contribution in [0.25, 0.3) is 0 Å². The van der Waals surface area contributed by atoms with Crippen LogP contribution < -0.4 is 10.0 Å². The zero-order valence-electron chi connectivity index (χ0n) is 14.1. The molecule has 10 heteroatoms. The summed E-state index contributed by atoms with van der Waals surface area (Å²) in [5.41, 5.74) is 0.266. The van der Waals surface area contributed by atoms with Crippen LogP contribution in [0.2, 0.25) is 10.0 Å². The molecule has 0 radical (unpaired) electrons. The Kier molecular flexibility index (Phi) is 7.20. The highest BCUT2D eigenvalue weighted by atomic mass is 35.5. The SMILES string of the molecule is CC(OC(=O)CNS(=O)(=O)c1ccccc1)C(=O)Nc1cc(Cl)ccc1Cl. The molecule has 27 heavy (non-hydrogen) atoms. The number of anilines is 1. The lowest BCUT2D eigenvalue weighted by Crippen LogP contribution is -2.35. The maximum Gasteiger partial charge on any atom is 0.321 e. The van der Waals surface area contributed by atoms with E-state index < -0.39 is 34.5 Å². The van der Waals surface area contributed by atoms with E-state index in [2.05, 4.69) is 10.0 Å². The highest BCUT2D eigenvalue weighted by molar-refractivity contribution is 7.89. The molecule has 2 rings (SSSR count). The van der Waals surface area contributed by atoms with E-state index >= 15 is 0 Å². The minimum Gasteiger partial charge on any atom is -0.452 e. The fourth-order valence-electron chi connectivity index (χ4n) is 1.96. The summed E-state index contributed by atoms with van der Waals surface area (Å²) in [7, 11) is -3.85. The van der Waals surface area contributed by atoms with E-state index in [-0.39, 0.29) is 15.6 Å². The number of sulfonamides is 1. The van der Waals surface area contributed by atoms with Gasteiger partial charge in [0.2, 0.25) is 10.0 Å². The standard InChI is InChI=1S/C17H16Cl2N2O5S/c1-11(17(23)21-15-9-12(18)7-8-14(15)19)26-16(22)10-20-27(24,25)13-5-3-2-4-6-13/h2-9,11,20H,10H2,1H3,(H,21,23). The third-order valence-electron chi connectivity index (χ3n) is 3.32. The van der Waals surface area contributed by atoms with Gasteiger partial charge in [-0.25, -0.2) is 8.42 Å². The zero-order chi connectivity index (χ0) is 20.0. The smallest absolute Gasteiger partial charge is 0.321 e. The number of benzene rings is 2. The summed E-state index contributed by atoms with van der Waals surface area (Å²) < 4.78 is 31.1. The molecule has 0 saturated carbocycles. The molecule has 1 atom stereocenters. The Morgan fingerprint density at radius 2 is 1.78 bits per heavy atom. The van der Waals surface area contributed by atoms with Gasteiger partial charge in [-0.1, -0.05) is 41.4 Å². The van der Waals surface area contributed by atoms with Gasteiger partial charge < -0.3 is 10.1 Å². The molecule has 0 bridgehead atoms. The van der Waals surface area contributed by atoms with Gasteiger partial charge in [0.05, 0.1) is 15.6 Å². The summed E-state index contributed by atoms with van der Waals surface area (Å²) in [5, 5.41) is 3.12. The Hall–Kier alpha value is -2.13. The molecule has 144 valence electrons. The van der Waals surface area contributed by atoms with Crippen LogP contribution in [0, 0.1) is 0 Å². The highest BCUT2D eigenvalue weighted by Crippen LogP contribution is 2.25. The Labute approximate surface area is 166 Å². The summed E-state index contributed by atoms with van der Waals surface area (Å²) in [5.74, 6) is -1.55. The molecule has 0 aliphatic rings. The van der Waals surface area contributed by atoms with Crippen LogP contribution in [0.5, 0.6) is 0 Å². The number of ether oxygens (including phenoxy) is 1. The third kappa shape index (κ3) is 6.21. The summed E-state index contributed by atoms with van der Waals surface area (Å²) in [6, 6.07) is 12.1. The monoisotopic (exact) mass is 430 g/mol. The lowest BCUT2D eigenvalue weighted by atomic mass is 10.3. The van der Waals surface area contributed by atoms with Crippen molar-refractivity contribution in [2.75, 3.05) is 11.9 Å². The predicted molar refractivity (Wildman–Crippen MR) is 102 cm³/mol. The number of amides is 1. The average Bonchev–Trinajstić information content (AvgIpc) is 2.64. The van der Waals surface area contributed by atoms with E-state index in [4.69, 9.17) is 27.9 Å². The molecule has 0 aromatic heterocycles. The van der Waals surface area contributed by atoms with Crippen LogP contribution in [0.15, 0.2) is 53.4 Å². The van der Waals surface area contributed by atoms with Gasteiger partial charge in [0, 0.05) is 5.02 Å². The Morgan fingerprint density at radius 1 is 1.11 bits per heavy atom. The zero-order valence-corrected chi connectivity index (χ0v) is 16.4. The largest absolute Gasteiger partial charge is 0.452 e. The molecule has 0 saturated heterocycles. The summed E-state index contributed by atoms with van der Waals surface area (Å²) in [4.78, 5) is 24.0. The van der Waals surface area contributed by atoms with Crippen LogP contribution in [0.3, 0.4) is 0 Å². The fourth-order valence-corrected chi connectivity index (χ4v) is 3.28. The number of esters is 1. The van der Waals surface area contributed by atoms with Crippen molar-refractivity contribution in [3.05, 3.63) is 58.6 Å².